The number of piperazine rings is 1. The zero-order valence-corrected chi connectivity index (χ0v) is 12.3. The van der Waals surface area contributed by atoms with E-state index in [4.69, 9.17) is 0 Å². The van der Waals surface area contributed by atoms with Crippen LogP contribution in [0.3, 0.4) is 0 Å². The van der Waals surface area contributed by atoms with Crippen molar-refractivity contribution in [1.29, 1.82) is 0 Å². The first-order valence-electron chi connectivity index (χ1n) is 7.29. The van der Waals surface area contributed by atoms with Gasteiger partial charge < -0.3 is 10.2 Å². The first-order chi connectivity index (χ1) is 10.1. The first-order valence-corrected chi connectivity index (χ1v) is 7.29. The monoisotopic (exact) mass is 292 g/mol. The van der Waals surface area contributed by atoms with E-state index in [1.54, 1.807) is 7.05 Å². The van der Waals surface area contributed by atoms with E-state index >= 15 is 0 Å². The van der Waals surface area contributed by atoms with Crippen LogP contribution in [0.2, 0.25) is 0 Å². The zero-order valence-electron chi connectivity index (χ0n) is 12.3. The summed E-state index contributed by atoms with van der Waals surface area (Å²) in [5.74, 6) is 0.874. The van der Waals surface area contributed by atoms with Crippen molar-refractivity contribution >= 4 is 16.9 Å². The zero-order chi connectivity index (χ0) is 15.0. The second-order valence-electron chi connectivity index (χ2n) is 5.30. The fourth-order valence-corrected chi connectivity index (χ4v) is 2.80. The lowest BCUT2D eigenvalue weighted by molar-refractivity contribution is 0.548. The molecule has 0 amide bonds. The van der Waals surface area contributed by atoms with Gasteiger partial charge in [-0.05, 0) is 6.42 Å². The van der Waals surface area contributed by atoms with E-state index in [2.05, 4.69) is 27.2 Å². The summed E-state index contributed by atoms with van der Waals surface area (Å²) in [6, 6.07) is 0. The van der Waals surface area contributed by atoms with Crippen molar-refractivity contribution in [2.24, 2.45) is 7.05 Å². The third-order valence-electron chi connectivity index (χ3n) is 3.83. The smallest absolute Gasteiger partial charge is 0.328 e. The Balaban J connectivity index is 2.30. The first kappa shape index (κ1) is 13.9. The number of H-pyrrole nitrogens is 1. The summed E-state index contributed by atoms with van der Waals surface area (Å²) >= 11 is 0. The van der Waals surface area contributed by atoms with E-state index in [-0.39, 0.29) is 0 Å². The molecule has 1 fully saturated rings. The molecule has 2 aromatic rings. The number of nitrogens with one attached hydrogen (secondary N) is 2. The average molecular weight is 292 g/mol. The van der Waals surface area contributed by atoms with Crippen LogP contribution in [0.15, 0.2) is 9.59 Å². The maximum absolute atomic E-state index is 12.0. The average Bonchev–Trinajstić information content (AvgIpc) is 2.86. The van der Waals surface area contributed by atoms with E-state index in [1.807, 2.05) is 4.68 Å². The van der Waals surface area contributed by atoms with Gasteiger partial charge in [-0.15, -0.1) is 0 Å². The molecular formula is C13H20N6O2. The van der Waals surface area contributed by atoms with E-state index < -0.39 is 11.2 Å². The fourth-order valence-electron chi connectivity index (χ4n) is 2.80. The Morgan fingerprint density at radius 1 is 1.24 bits per heavy atom. The second kappa shape index (κ2) is 5.36. The Kier molecular flexibility index (Phi) is 3.54. The minimum absolute atomic E-state index is 0.332. The molecule has 2 aromatic heterocycles. The Hall–Kier alpha value is -2.09. The van der Waals surface area contributed by atoms with E-state index in [9.17, 15) is 9.59 Å². The van der Waals surface area contributed by atoms with Gasteiger partial charge in [0.2, 0.25) is 0 Å². The molecular weight excluding hydrogens is 272 g/mol. The van der Waals surface area contributed by atoms with Crippen molar-refractivity contribution in [2.75, 3.05) is 31.1 Å². The van der Waals surface area contributed by atoms with E-state index in [0.717, 1.165) is 45.0 Å². The van der Waals surface area contributed by atoms with Gasteiger partial charge in [-0.25, -0.2) is 9.48 Å². The molecule has 3 heterocycles. The van der Waals surface area contributed by atoms with Gasteiger partial charge in [0.05, 0.1) is 0 Å². The number of aromatic nitrogens is 4. The molecule has 0 bridgehead atoms. The molecule has 0 aliphatic carbocycles. The molecule has 114 valence electrons. The van der Waals surface area contributed by atoms with Gasteiger partial charge in [-0.2, -0.15) is 5.10 Å². The summed E-state index contributed by atoms with van der Waals surface area (Å²) in [6.07, 6.45) is 0.916. The van der Waals surface area contributed by atoms with Crippen LogP contribution in [0.5, 0.6) is 0 Å². The molecule has 0 spiro atoms. The molecule has 0 saturated carbocycles. The summed E-state index contributed by atoms with van der Waals surface area (Å²) in [7, 11) is 1.67. The Morgan fingerprint density at radius 2 is 1.95 bits per heavy atom. The van der Waals surface area contributed by atoms with Gasteiger partial charge in [-0.3, -0.25) is 14.3 Å². The highest BCUT2D eigenvalue weighted by Crippen LogP contribution is 2.24. The Morgan fingerprint density at radius 3 is 2.62 bits per heavy atom. The van der Waals surface area contributed by atoms with E-state index in [0.29, 0.717) is 11.0 Å². The van der Waals surface area contributed by atoms with Crippen molar-refractivity contribution in [1.82, 2.24) is 24.6 Å². The summed E-state index contributed by atoms with van der Waals surface area (Å²) in [6.45, 7) is 6.24. The molecule has 0 radical (unpaired) electrons. The largest absolute Gasteiger partial charge is 0.353 e. The molecule has 0 unspecified atom stereocenters. The van der Waals surface area contributed by atoms with Crippen molar-refractivity contribution in [3.05, 3.63) is 20.8 Å². The Labute approximate surface area is 121 Å². The van der Waals surface area contributed by atoms with Crippen molar-refractivity contribution in [2.45, 2.75) is 19.9 Å². The molecule has 1 aliphatic heterocycles. The predicted molar refractivity (Wildman–Crippen MR) is 81.0 cm³/mol. The number of nitrogens with zero attached hydrogens (tertiary/aromatic N) is 4. The van der Waals surface area contributed by atoms with Crippen molar-refractivity contribution < 1.29 is 0 Å². The summed E-state index contributed by atoms with van der Waals surface area (Å²) in [4.78, 5) is 28.4. The van der Waals surface area contributed by atoms with Crippen LogP contribution in [-0.4, -0.2) is 45.5 Å². The highest BCUT2D eigenvalue weighted by atomic mass is 16.2. The molecule has 0 aromatic carbocycles. The van der Waals surface area contributed by atoms with Gasteiger partial charge in [0, 0.05) is 39.8 Å². The highest BCUT2D eigenvalue weighted by molar-refractivity contribution is 5.86. The summed E-state index contributed by atoms with van der Waals surface area (Å²) in [5, 5.41) is 7.74. The normalized spacial score (nSPS) is 15.8. The van der Waals surface area contributed by atoms with Crippen LogP contribution in [0, 0.1) is 0 Å². The lowest BCUT2D eigenvalue weighted by atomic mass is 10.3. The maximum atomic E-state index is 12.0. The molecule has 0 atom stereocenters. The van der Waals surface area contributed by atoms with Crippen LogP contribution in [-0.2, 0) is 13.6 Å². The minimum Gasteiger partial charge on any atom is -0.353 e. The molecule has 1 aliphatic rings. The third kappa shape index (κ3) is 2.25. The minimum atomic E-state index is -0.417. The van der Waals surface area contributed by atoms with E-state index in [1.165, 1.54) is 4.57 Å². The van der Waals surface area contributed by atoms with Gasteiger partial charge in [0.15, 0.2) is 11.3 Å². The molecule has 2 N–H and O–H groups in total. The number of rotatable bonds is 3. The van der Waals surface area contributed by atoms with Gasteiger partial charge in [0.1, 0.15) is 5.52 Å². The lowest BCUT2D eigenvalue weighted by Gasteiger charge is -2.30. The summed E-state index contributed by atoms with van der Waals surface area (Å²) in [5.41, 5.74) is 0.137. The SMILES string of the molecule is CCCn1nc2c(=O)[nH]c(=O)n(C)c2c1N1CCNCC1. The van der Waals surface area contributed by atoms with Gasteiger partial charge >= 0.3 is 5.69 Å². The standard InChI is InChI=1S/C13H20N6O2/c1-3-6-19-12(18-7-4-14-5-8-18)10-9(16-19)11(20)15-13(21)17(10)2/h14H,3-8H2,1-2H3,(H,15,20,21). The quantitative estimate of drug-likeness (QED) is 0.776. The number of hydrogen-bond donors (Lipinski definition) is 2. The number of hydrogen-bond acceptors (Lipinski definition) is 5. The molecule has 21 heavy (non-hydrogen) atoms. The van der Waals surface area contributed by atoms with Gasteiger partial charge in [-0.1, -0.05) is 6.92 Å². The van der Waals surface area contributed by atoms with Crippen molar-refractivity contribution in [3.8, 4) is 0 Å². The molecule has 3 rings (SSSR count). The number of anilines is 1. The molecule has 1 saturated heterocycles. The second-order valence-corrected chi connectivity index (χ2v) is 5.30. The lowest BCUT2D eigenvalue weighted by Crippen LogP contribution is -2.44. The number of fused-ring (bicyclic) bond motifs is 1. The Bertz CT molecular complexity index is 765. The van der Waals surface area contributed by atoms with Crippen LogP contribution >= 0.6 is 0 Å². The topological polar surface area (TPSA) is 88.0 Å². The van der Waals surface area contributed by atoms with Crippen LogP contribution in [0.4, 0.5) is 5.82 Å². The number of aryl methyl sites for hydroxylation is 2. The predicted octanol–water partition coefficient (Wildman–Crippen LogP) is -0.757. The van der Waals surface area contributed by atoms with Gasteiger partial charge in [0.25, 0.3) is 5.56 Å². The maximum Gasteiger partial charge on any atom is 0.328 e. The van der Waals surface area contributed by atoms with Crippen LogP contribution < -0.4 is 21.5 Å². The molecule has 8 nitrogen and oxygen atoms in total. The van der Waals surface area contributed by atoms with Crippen LogP contribution in [0.1, 0.15) is 13.3 Å². The fraction of sp³-hybridized carbons (Fsp3) is 0.615. The van der Waals surface area contributed by atoms with Crippen LogP contribution in [0.25, 0.3) is 11.0 Å². The number of aromatic amines is 1. The highest BCUT2D eigenvalue weighted by Gasteiger charge is 2.23. The summed E-state index contributed by atoms with van der Waals surface area (Å²) < 4.78 is 3.33. The molecule has 8 heteroatoms. The van der Waals surface area contributed by atoms with Crippen molar-refractivity contribution in [3.63, 3.8) is 0 Å². The third-order valence-corrected chi connectivity index (χ3v) is 3.83.